The molecule has 0 heterocycles. The average Bonchev–Trinajstić information content (AvgIpc) is 0.890. The van der Waals surface area contributed by atoms with Gasteiger partial charge in [0.15, 0.2) is 0 Å². The molecule has 136 heavy (non-hydrogen) atoms. The van der Waals surface area contributed by atoms with Crippen molar-refractivity contribution in [2.45, 2.75) is 168 Å². The van der Waals surface area contributed by atoms with Crippen molar-refractivity contribution in [1.29, 1.82) is 0 Å². The molecule has 1 aliphatic rings. The summed E-state index contributed by atoms with van der Waals surface area (Å²) in [6.07, 6.45) is 23.8. The van der Waals surface area contributed by atoms with E-state index in [0.717, 1.165) is 67.2 Å². The standard InChI is InChI=1S/C37H36O14.C35H36O10.C35H48O5/c1-4-32(38)44-20-6-8-22-46-36(42)49-28-14-10-26(11-15-28)34(40)48-30-18-19-31(25(3)24-30)51-35(41)27-12-16-29(17-13-27)50-37(43)47-23-9-7-21-45-33(39)5-2;1-4-32(36)42-22-8-6-20-40-28-14-10-26(11-15-28)34(38)44-30-18-19-31(25(3)24-30)45-35(39)27-12-16-29(17-13-27)41-21-7-9-23-43-33(37)5-2;1-3-5-8-11-28-12-17-30(18-13-28)31-19-23-33(24-20-31)40-35(37)25-16-29-14-21-32(22-15-29)38-26-9-6-7-10-27-39-34(36)4-2/h4-5,10-19,24H,1-2,6-9,20-23H2,3H3;4-5,10-19,24H,1-2,6-9,20-23H2,3H3;4,14-15,19-24,28,30H,2-3,5-13,16-18,25-27H2,1H3. The molecule has 0 atom stereocenters. The number of carbonyl (C=O) groups is 12. The number of ether oxygens (including phenoxy) is 17. The Morgan fingerprint density at radius 3 is 0.934 bits per heavy atom. The van der Waals surface area contributed by atoms with Gasteiger partial charge in [0.05, 0.1) is 88.3 Å². The van der Waals surface area contributed by atoms with Gasteiger partial charge in [0, 0.05) is 36.8 Å². The Morgan fingerprint density at radius 1 is 0.294 bits per heavy atom. The fraction of sp³-hybridized carbons (Fsp3) is 0.346. The lowest BCUT2D eigenvalue weighted by Gasteiger charge is -2.29. The van der Waals surface area contributed by atoms with Crippen LogP contribution in [-0.2, 0) is 68.3 Å². The average molecular weight is 1870 g/mol. The van der Waals surface area contributed by atoms with Gasteiger partial charge in [-0.25, -0.2) is 52.7 Å². The van der Waals surface area contributed by atoms with E-state index in [1.807, 2.05) is 36.4 Å². The molecule has 29 heteroatoms. The van der Waals surface area contributed by atoms with Gasteiger partial charge in [-0.3, -0.25) is 4.79 Å². The van der Waals surface area contributed by atoms with Crippen LogP contribution in [0.2, 0.25) is 0 Å². The quantitative estimate of drug-likeness (QED) is 0.00853. The molecule has 0 amide bonds. The second kappa shape index (κ2) is 62.5. The Bertz CT molecular complexity index is 5160. The fourth-order valence-electron chi connectivity index (χ4n) is 13.1. The highest BCUT2D eigenvalue weighted by molar-refractivity contribution is 5.94. The first kappa shape index (κ1) is 108. The van der Waals surface area contributed by atoms with Crippen LogP contribution in [0.5, 0.6) is 57.5 Å². The zero-order chi connectivity index (χ0) is 97.9. The van der Waals surface area contributed by atoms with Crippen molar-refractivity contribution in [3.8, 4) is 57.5 Å². The zero-order valence-corrected chi connectivity index (χ0v) is 77.4. The summed E-state index contributed by atoms with van der Waals surface area (Å²) in [6.45, 7) is 25.4. The lowest BCUT2D eigenvalue weighted by atomic mass is 9.77. The molecule has 0 N–H and O–H groups in total. The number of carbonyl (C=O) groups excluding carboxylic acids is 12. The minimum atomic E-state index is -0.927. The van der Waals surface area contributed by atoms with Crippen LogP contribution in [0.3, 0.4) is 0 Å². The van der Waals surface area contributed by atoms with Gasteiger partial charge in [0.1, 0.15) is 57.5 Å². The second-order valence-electron chi connectivity index (χ2n) is 31.0. The van der Waals surface area contributed by atoms with Gasteiger partial charge in [-0.15, -0.1) is 0 Å². The molecule has 8 aromatic rings. The van der Waals surface area contributed by atoms with Crippen LogP contribution >= 0.6 is 0 Å². The molecular formula is C107H120O29. The van der Waals surface area contributed by atoms with Crippen LogP contribution in [-0.4, -0.2) is 138 Å². The molecule has 1 aliphatic carbocycles. The summed E-state index contributed by atoms with van der Waals surface area (Å²) in [5.41, 5.74) is 4.63. The highest BCUT2D eigenvalue weighted by Crippen LogP contribution is 2.39. The number of unbranched alkanes of at least 4 members (excludes halogenated alkanes) is 9. The van der Waals surface area contributed by atoms with E-state index in [9.17, 15) is 57.5 Å². The van der Waals surface area contributed by atoms with Crippen molar-refractivity contribution in [3.63, 3.8) is 0 Å². The van der Waals surface area contributed by atoms with Crippen molar-refractivity contribution in [2.24, 2.45) is 5.92 Å². The van der Waals surface area contributed by atoms with Crippen molar-refractivity contribution >= 4 is 72.0 Å². The maximum atomic E-state index is 12.7. The van der Waals surface area contributed by atoms with Gasteiger partial charge >= 0.3 is 72.0 Å². The summed E-state index contributed by atoms with van der Waals surface area (Å²) in [5.74, 6) is 0.596. The number of benzene rings is 8. The number of rotatable bonds is 54. The van der Waals surface area contributed by atoms with Crippen LogP contribution in [0.15, 0.2) is 245 Å². The monoisotopic (exact) mass is 1870 g/mol. The molecule has 0 spiro atoms. The van der Waals surface area contributed by atoms with Crippen molar-refractivity contribution in [3.05, 3.63) is 290 Å². The largest absolute Gasteiger partial charge is 0.513 e. The molecule has 0 saturated heterocycles. The molecule has 0 aliphatic heterocycles. The van der Waals surface area contributed by atoms with Gasteiger partial charge in [-0.1, -0.05) is 89.8 Å². The molecule has 9 rings (SSSR count). The van der Waals surface area contributed by atoms with Crippen LogP contribution in [0.25, 0.3) is 0 Å². The predicted molar refractivity (Wildman–Crippen MR) is 505 cm³/mol. The highest BCUT2D eigenvalue weighted by atomic mass is 16.7. The molecule has 0 unspecified atom stereocenters. The van der Waals surface area contributed by atoms with Crippen molar-refractivity contribution < 1.29 is 138 Å². The Balaban J connectivity index is 0.000000280. The van der Waals surface area contributed by atoms with E-state index >= 15 is 0 Å². The number of aryl methyl sites for hydroxylation is 3. The van der Waals surface area contributed by atoms with Gasteiger partial charge in [-0.05, 0) is 315 Å². The summed E-state index contributed by atoms with van der Waals surface area (Å²) < 4.78 is 89.2. The first-order valence-electron chi connectivity index (χ1n) is 45.4. The summed E-state index contributed by atoms with van der Waals surface area (Å²) in [7, 11) is 0. The lowest BCUT2D eigenvalue weighted by molar-refractivity contribution is -0.138. The van der Waals surface area contributed by atoms with E-state index in [4.69, 9.17) is 80.5 Å². The van der Waals surface area contributed by atoms with Crippen molar-refractivity contribution in [1.82, 2.24) is 0 Å². The van der Waals surface area contributed by atoms with E-state index in [1.165, 1.54) is 130 Å². The molecule has 722 valence electrons. The zero-order valence-electron chi connectivity index (χ0n) is 77.4. The first-order valence-corrected chi connectivity index (χ1v) is 45.4. The summed E-state index contributed by atoms with van der Waals surface area (Å²) >= 11 is 0. The predicted octanol–water partition coefficient (Wildman–Crippen LogP) is 21.4. The van der Waals surface area contributed by atoms with Crippen LogP contribution < -0.4 is 47.4 Å². The third kappa shape index (κ3) is 43.2. The van der Waals surface area contributed by atoms with E-state index in [-0.39, 0.29) is 72.5 Å². The van der Waals surface area contributed by atoms with E-state index in [2.05, 4.69) is 52.0 Å². The minimum absolute atomic E-state index is 0.0665. The third-order valence-corrected chi connectivity index (χ3v) is 20.6. The summed E-state index contributed by atoms with van der Waals surface area (Å²) in [5, 5.41) is 0. The molecule has 8 aromatic carbocycles. The molecule has 29 nitrogen and oxygen atoms in total. The van der Waals surface area contributed by atoms with Gasteiger partial charge < -0.3 is 80.5 Å². The summed E-state index contributed by atoms with van der Waals surface area (Å²) in [4.78, 5) is 142. The smallest absolute Gasteiger partial charge is 0.494 e. The molecule has 0 aromatic heterocycles. The van der Waals surface area contributed by atoms with Crippen LogP contribution in [0.4, 0.5) is 9.59 Å². The number of hydrogen-bond acceptors (Lipinski definition) is 29. The maximum Gasteiger partial charge on any atom is 0.513 e. The van der Waals surface area contributed by atoms with Gasteiger partial charge in [0.2, 0.25) is 0 Å². The molecule has 0 radical (unpaired) electrons. The SMILES string of the molecule is C=CC(=O)OCCCCCCOc1ccc(CCC(=O)Oc2ccc(C3CCC(CCCCC)CC3)cc2)cc1.C=CC(=O)OCCCCOC(=O)Oc1ccc(C(=O)Oc2ccc(OC(=O)c3ccc(OC(=O)OCCCCOC(=O)C=C)cc3)c(C)c2)cc1.C=CC(=O)OCCCCOc1ccc(C(=O)Oc2ccc(OC(=O)c3ccc(OCCCCOC(=O)C=C)cc3)c(C)c2)cc1. The third-order valence-electron chi connectivity index (χ3n) is 20.6. The van der Waals surface area contributed by atoms with E-state index in [1.54, 1.807) is 80.6 Å². The van der Waals surface area contributed by atoms with Crippen LogP contribution in [0, 0.1) is 19.8 Å². The van der Waals surface area contributed by atoms with Gasteiger partial charge in [-0.2, -0.15) is 0 Å². The van der Waals surface area contributed by atoms with Gasteiger partial charge in [0.25, 0.3) is 0 Å². The Hall–Kier alpha value is -14.9. The van der Waals surface area contributed by atoms with E-state index < -0.39 is 60.1 Å². The minimum Gasteiger partial charge on any atom is -0.494 e. The Labute approximate surface area is 793 Å². The topological polar surface area (TPSA) is 362 Å². The molecule has 1 fully saturated rings. The van der Waals surface area contributed by atoms with Crippen LogP contribution in [0.1, 0.15) is 211 Å². The van der Waals surface area contributed by atoms with E-state index in [0.29, 0.717) is 161 Å². The lowest BCUT2D eigenvalue weighted by Crippen LogP contribution is -2.13. The van der Waals surface area contributed by atoms with Crippen molar-refractivity contribution in [2.75, 3.05) is 66.1 Å². The second-order valence-corrected chi connectivity index (χ2v) is 31.0. The number of hydrogen-bond donors (Lipinski definition) is 0. The normalized spacial score (nSPS) is 12.1. The molecule has 0 bridgehead atoms. The fourth-order valence-corrected chi connectivity index (χ4v) is 13.1. The number of esters is 10. The molecular weight excluding hydrogens is 1750 g/mol. The maximum absolute atomic E-state index is 12.7. The Kier molecular flexibility index (Phi) is 49.7. The molecule has 1 saturated carbocycles. The summed E-state index contributed by atoms with van der Waals surface area (Å²) in [6, 6.07) is 49.7. The highest BCUT2D eigenvalue weighted by Gasteiger charge is 2.24. The Morgan fingerprint density at radius 2 is 0.588 bits per heavy atom. The first-order chi connectivity index (χ1) is 65.9.